The van der Waals surface area contributed by atoms with Crippen molar-refractivity contribution in [2.24, 2.45) is 5.92 Å². The fourth-order valence-corrected chi connectivity index (χ4v) is 1.44. The standard InChI is InChI=1S/C14H21NO2/c1-4-17-13-8-6-12(7-9-13)15-14(16)10-5-11(2)3/h6-9,11H,4-5,10H2,1-3H3,(H,15,16). The second kappa shape index (κ2) is 6.94. The van der Waals surface area contributed by atoms with Crippen LogP contribution in [0.4, 0.5) is 5.69 Å². The summed E-state index contributed by atoms with van der Waals surface area (Å²) in [6.07, 6.45) is 1.49. The number of hydrogen-bond donors (Lipinski definition) is 1. The molecule has 3 nitrogen and oxygen atoms in total. The molecular formula is C14H21NO2. The highest BCUT2D eigenvalue weighted by Gasteiger charge is 2.04. The third-order valence-electron chi connectivity index (χ3n) is 2.40. The molecule has 1 amide bonds. The van der Waals surface area contributed by atoms with E-state index in [1.807, 2.05) is 31.2 Å². The molecule has 1 rings (SSSR count). The first-order valence-electron chi connectivity index (χ1n) is 6.14. The summed E-state index contributed by atoms with van der Waals surface area (Å²) in [6, 6.07) is 7.44. The van der Waals surface area contributed by atoms with Gasteiger partial charge in [-0.25, -0.2) is 0 Å². The number of amides is 1. The fraction of sp³-hybridized carbons (Fsp3) is 0.500. The maximum absolute atomic E-state index is 11.6. The minimum absolute atomic E-state index is 0.0721. The van der Waals surface area contributed by atoms with Crippen LogP contribution in [0.5, 0.6) is 5.75 Å². The first-order valence-corrected chi connectivity index (χ1v) is 6.14. The first-order chi connectivity index (χ1) is 8.11. The molecule has 0 heterocycles. The van der Waals surface area contributed by atoms with E-state index in [9.17, 15) is 4.79 Å². The molecule has 0 aliphatic heterocycles. The van der Waals surface area contributed by atoms with Crippen LogP contribution in [0.15, 0.2) is 24.3 Å². The highest BCUT2D eigenvalue weighted by Crippen LogP contribution is 2.16. The topological polar surface area (TPSA) is 38.3 Å². The summed E-state index contributed by atoms with van der Waals surface area (Å²) in [6.45, 7) is 6.83. The smallest absolute Gasteiger partial charge is 0.224 e. The van der Waals surface area contributed by atoms with Gasteiger partial charge in [0.15, 0.2) is 0 Å². The molecule has 3 heteroatoms. The van der Waals surface area contributed by atoms with Crippen LogP contribution >= 0.6 is 0 Å². The second-order valence-corrected chi connectivity index (χ2v) is 4.44. The number of anilines is 1. The number of ether oxygens (including phenoxy) is 1. The molecule has 1 N–H and O–H groups in total. The summed E-state index contributed by atoms with van der Waals surface area (Å²) in [7, 11) is 0. The molecule has 0 saturated carbocycles. The van der Waals surface area contributed by atoms with Crippen molar-refractivity contribution in [2.45, 2.75) is 33.6 Å². The number of benzene rings is 1. The largest absolute Gasteiger partial charge is 0.494 e. The molecule has 0 spiro atoms. The van der Waals surface area contributed by atoms with E-state index >= 15 is 0 Å². The number of carbonyl (C=O) groups is 1. The van der Waals surface area contributed by atoms with Gasteiger partial charge in [0.05, 0.1) is 6.61 Å². The van der Waals surface area contributed by atoms with E-state index in [0.29, 0.717) is 18.9 Å². The first kappa shape index (κ1) is 13.6. The van der Waals surface area contributed by atoms with Gasteiger partial charge in [-0.1, -0.05) is 13.8 Å². The molecule has 0 radical (unpaired) electrons. The Bertz CT molecular complexity index is 344. The zero-order valence-electron chi connectivity index (χ0n) is 10.8. The molecule has 0 aliphatic rings. The van der Waals surface area contributed by atoms with Crippen LogP contribution in [0, 0.1) is 5.92 Å². The Kier molecular flexibility index (Phi) is 5.53. The molecule has 1 aromatic rings. The van der Waals surface area contributed by atoms with Gasteiger partial charge in [0.25, 0.3) is 0 Å². The van der Waals surface area contributed by atoms with Crippen LogP contribution < -0.4 is 10.1 Å². The van der Waals surface area contributed by atoms with Crippen molar-refractivity contribution in [3.8, 4) is 5.75 Å². The third kappa shape index (κ3) is 5.38. The Balaban J connectivity index is 2.43. The molecule has 0 unspecified atom stereocenters. The van der Waals surface area contributed by atoms with Crippen molar-refractivity contribution < 1.29 is 9.53 Å². The minimum atomic E-state index is 0.0721. The average Bonchev–Trinajstić information content (AvgIpc) is 2.29. The van der Waals surface area contributed by atoms with E-state index in [0.717, 1.165) is 17.9 Å². The molecule has 0 fully saturated rings. The number of rotatable bonds is 6. The van der Waals surface area contributed by atoms with Crippen LogP contribution in [0.25, 0.3) is 0 Å². The van der Waals surface area contributed by atoms with Gasteiger partial charge in [-0.2, -0.15) is 0 Å². The van der Waals surface area contributed by atoms with Gasteiger partial charge in [-0.15, -0.1) is 0 Å². The number of carbonyl (C=O) groups excluding carboxylic acids is 1. The van der Waals surface area contributed by atoms with Crippen LogP contribution in [-0.4, -0.2) is 12.5 Å². The summed E-state index contributed by atoms with van der Waals surface area (Å²) >= 11 is 0. The molecule has 0 atom stereocenters. The highest BCUT2D eigenvalue weighted by molar-refractivity contribution is 5.90. The molecular weight excluding hydrogens is 214 g/mol. The van der Waals surface area contributed by atoms with Gasteiger partial charge in [-0.05, 0) is 43.5 Å². The predicted octanol–water partition coefficient (Wildman–Crippen LogP) is 3.46. The van der Waals surface area contributed by atoms with Crippen molar-refractivity contribution in [1.29, 1.82) is 0 Å². The SMILES string of the molecule is CCOc1ccc(NC(=O)CCC(C)C)cc1. The summed E-state index contributed by atoms with van der Waals surface area (Å²) in [4.78, 5) is 11.6. The van der Waals surface area contributed by atoms with E-state index in [1.54, 1.807) is 0 Å². The Morgan fingerprint density at radius 1 is 1.29 bits per heavy atom. The minimum Gasteiger partial charge on any atom is -0.494 e. The maximum atomic E-state index is 11.6. The lowest BCUT2D eigenvalue weighted by Crippen LogP contribution is -2.12. The van der Waals surface area contributed by atoms with Gasteiger partial charge in [0.2, 0.25) is 5.91 Å². The van der Waals surface area contributed by atoms with Gasteiger partial charge in [0, 0.05) is 12.1 Å². The summed E-state index contributed by atoms with van der Waals surface area (Å²) in [5.41, 5.74) is 0.821. The quantitative estimate of drug-likeness (QED) is 0.820. The lowest BCUT2D eigenvalue weighted by Gasteiger charge is -2.08. The maximum Gasteiger partial charge on any atom is 0.224 e. The Labute approximate surface area is 103 Å². The second-order valence-electron chi connectivity index (χ2n) is 4.44. The van der Waals surface area contributed by atoms with E-state index in [4.69, 9.17) is 4.74 Å². The average molecular weight is 235 g/mol. The molecule has 1 aromatic carbocycles. The fourth-order valence-electron chi connectivity index (χ4n) is 1.44. The summed E-state index contributed by atoms with van der Waals surface area (Å²) < 4.78 is 5.33. The van der Waals surface area contributed by atoms with Crippen molar-refractivity contribution in [2.75, 3.05) is 11.9 Å². The van der Waals surface area contributed by atoms with Gasteiger partial charge >= 0.3 is 0 Å². The zero-order chi connectivity index (χ0) is 12.7. The van der Waals surface area contributed by atoms with Crippen LogP contribution in [0.3, 0.4) is 0 Å². The molecule has 0 aromatic heterocycles. The molecule has 17 heavy (non-hydrogen) atoms. The molecule has 0 bridgehead atoms. The predicted molar refractivity (Wildman–Crippen MR) is 70.3 cm³/mol. The van der Waals surface area contributed by atoms with E-state index < -0.39 is 0 Å². The molecule has 0 saturated heterocycles. The van der Waals surface area contributed by atoms with Crippen molar-refractivity contribution in [3.05, 3.63) is 24.3 Å². The van der Waals surface area contributed by atoms with E-state index in [1.165, 1.54) is 0 Å². The van der Waals surface area contributed by atoms with Crippen molar-refractivity contribution >= 4 is 11.6 Å². The number of hydrogen-bond acceptors (Lipinski definition) is 2. The zero-order valence-corrected chi connectivity index (χ0v) is 10.8. The van der Waals surface area contributed by atoms with Gasteiger partial charge < -0.3 is 10.1 Å². The summed E-state index contributed by atoms with van der Waals surface area (Å²) in [5, 5.41) is 2.87. The highest BCUT2D eigenvalue weighted by atomic mass is 16.5. The van der Waals surface area contributed by atoms with Gasteiger partial charge in [-0.3, -0.25) is 4.79 Å². The van der Waals surface area contributed by atoms with Crippen molar-refractivity contribution in [1.82, 2.24) is 0 Å². The molecule has 0 aliphatic carbocycles. The van der Waals surface area contributed by atoms with E-state index in [2.05, 4.69) is 19.2 Å². The van der Waals surface area contributed by atoms with Crippen LogP contribution in [0.1, 0.15) is 33.6 Å². The monoisotopic (exact) mass is 235 g/mol. The Morgan fingerprint density at radius 3 is 2.47 bits per heavy atom. The normalized spacial score (nSPS) is 10.4. The van der Waals surface area contributed by atoms with Crippen molar-refractivity contribution in [3.63, 3.8) is 0 Å². The van der Waals surface area contributed by atoms with Gasteiger partial charge in [0.1, 0.15) is 5.75 Å². The third-order valence-corrected chi connectivity index (χ3v) is 2.40. The lowest BCUT2D eigenvalue weighted by molar-refractivity contribution is -0.116. The summed E-state index contributed by atoms with van der Waals surface area (Å²) in [5.74, 6) is 1.46. The van der Waals surface area contributed by atoms with Crippen LogP contribution in [-0.2, 0) is 4.79 Å². The van der Waals surface area contributed by atoms with E-state index in [-0.39, 0.29) is 5.91 Å². The number of nitrogens with one attached hydrogen (secondary N) is 1. The lowest BCUT2D eigenvalue weighted by atomic mass is 10.1. The Morgan fingerprint density at radius 2 is 1.94 bits per heavy atom. The Hall–Kier alpha value is -1.51. The molecule has 94 valence electrons. The van der Waals surface area contributed by atoms with Crippen LogP contribution in [0.2, 0.25) is 0 Å².